The Morgan fingerprint density at radius 1 is 1.24 bits per heavy atom. The van der Waals surface area contributed by atoms with Crippen LogP contribution < -0.4 is 14.8 Å². The average molecular weight is 341 g/mol. The Kier molecular flexibility index (Phi) is 5.90. The second-order valence-corrected chi connectivity index (χ2v) is 5.98. The molecule has 0 saturated carbocycles. The molecule has 1 N–H and O–H groups in total. The van der Waals surface area contributed by atoms with Crippen LogP contribution in [0.2, 0.25) is 0 Å². The maximum atomic E-state index is 12.5. The van der Waals surface area contributed by atoms with E-state index in [1.165, 1.54) is 0 Å². The Labute approximate surface area is 147 Å². The smallest absolute Gasteiger partial charge is 0.255 e. The molecule has 0 aliphatic carbocycles. The molecule has 1 aliphatic heterocycles. The van der Waals surface area contributed by atoms with Crippen molar-refractivity contribution in [3.8, 4) is 11.5 Å². The lowest BCUT2D eigenvalue weighted by molar-refractivity contribution is 0.0670. The molecule has 132 valence electrons. The van der Waals surface area contributed by atoms with Gasteiger partial charge in [-0.1, -0.05) is 24.3 Å². The van der Waals surface area contributed by atoms with Crippen molar-refractivity contribution in [3.63, 3.8) is 0 Å². The van der Waals surface area contributed by atoms with E-state index in [1.807, 2.05) is 42.5 Å². The summed E-state index contributed by atoms with van der Waals surface area (Å²) >= 11 is 0. The Morgan fingerprint density at radius 2 is 2.12 bits per heavy atom. The minimum Gasteiger partial charge on any atom is -0.497 e. The normalized spacial score (nSPS) is 16.4. The summed E-state index contributed by atoms with van der Waals surface area (Å²) in [6.45, 7) is 1.69. The summed E-state index contributed by atoms with van der Waals surface area (Å²) in [5, 5.41) is 2.93. The fraction of sp³-hybridized carbons (Fsp3) is 0.350. The third kappa shape index (κ3) is 4.73. The van der Waals surface area contributed by atoms with Gasteiger partial charge in [0, 0.05) is 13.2 Å². The molecule has 3 rings (SSSR count). The van der Waals surface area contributed by atoms with Crippen molar-refractivity contribution in [2.75, 3.05) is 20.3 Å². The van der Waals surface area contributed by atoms with Gasteiger partial charge in [0.2, 0.25) is 0 Å². The molecule has 1 aliphatic rings. The summed E-state index contributed by atoms with van der Waals surface area (Å²) in [6.07, 6.45) is 2.19. The molecule has 1 saturated heterocycles. The molecule has 2 aromatic rings. The van der Waals surface area contributed by atoms with Gasteiger partial charge in [0.15, 0.2) is 0 Å². The van der Waals surface area contributed by atoms with Crippen LogP contribution in [0.5, 0.6) is 11.5 Å². The molecule has 0 radical (unpaired) electrons. The maximum Gasteiger partial charge on any atom is 0.255 e. The number of methoxy groups -OCH3 is 1. The quantitative estimate of drug-likeness (QED) is 0.840. The van der Waals surface area contributed by atoms with Gasteiger partial charge in [-0.25, -0.2) is 0 Å². The molecule has 1 fully saturated rings. The summed E-state index contributed by atoms with van der Waals surface area (Å²) in [4.78, 5) is 12.5. The third-order valence-corrected chi connectivity index (χ3v) is 4.17. The van der Waals surface area contributed by atoms with Gasteiger partial charge in [-0.15, -0.1) is 0 Å². The highest BCUT2D eigenvalue weighted by Gasteiger charge is 2.18. The van der Waals surface area contributed by atoms with Gasteiger partial charge in [-0.3, -0.25) is 4.79 Å². The van der Waals surface area contributed by atoms with E-state index in [1.54, 1.807) is 13.2 Å². The molecule has 1 amide bonds. The van der Waals surface area contributed by atoms with Crippen LogP contribution in [0.1, 0.15) is 28.8 Å². The first-order valence-corrected chi connectivity index (χ1v) is 8.51. The van der Waals surface area contributed by atoms with Crippen LogP contribution in [0.25, 0.3) is 0 Å². The predicted octanol–water partition coefficient (Wildman–Crippen LogP) is 3.18. The first kappa shape index (κ1) is 17.3. The van der Waals surface area contributed by atoms with Gasteiger partial charge < -0.3 is 19.5 Å². The highest BCUT2D eigenvalue weighted by Crippen LogP contribution is 2.20. The van der Waals surface area contributed by atoms with Gasteiger partial charge in [-0.05, 0) is 42.7 Å². The van der Waals surface area contributed by atoms with Crippen LogP contribution in [-0.2, 0) is 11.3 Å². The van der Waals surface area contributed by atoms with Crippen LogP contribution in [0.4, 0.5) is 0 Å². The molecule has 2 aromatic carbocycles. The number of ether oxygens (including phenoxy) is 3. The van der Waals surface area contributed by atoms with Crippen molar-refractivity contribution >= 4 is 5.91 Å². The molecule has 5 heteroatoms. The van der Waals surface area contributed by atoms with Crippen LogP contribution >= 0.6 is 0 Å². The number of hydrogen-bond acceptors (Lipinski definition) is 4. The van der Waals surface area contributed by atoms with Gasteiger partial charge in [0.05, 0.1) is 18.8 Å². The number of hydrogen-bond donors (Lipinski definition) is 1. The summed E-state index contributed by atoms with van der Waals surface area (Å²) in [6, 6.07) is 14.9. The summed E-state index contributed by atoms with van der Waals surface area (Å²) in [7, 11) is 1.62. The molecular formula is C20H23NO4. The number of carbonyl (C=O) groups excluding carboxylic acids is 1. The highest BCUT2D eigenvalue weighted by atomic mass is 16.5. The largest absolute Gasteiger partial charge is 0.497 e. The average Bonchev–Trinajstić information content (AvgIpc) is 3.18. The van der Waals surface area contributed by atoms with E-state index >= 15 is 0 Å². The van der Waals surface area contributed by atoms with Crippen LogP contribution in [-0.4, -0.2) is 32.3 Å². The number of nitrogens with one attached hydrogen (secondary N) is 1. The zero-order valence-corrected chi connectivity index (χ0v) is 14.4. The maximum absolute atomic E-state index is 12.5. The van der Waals surface area contributed by atoms with E-state index in [0.29, 0.717) is 24.5 Å². The first-order chi connectivity index (χ1) is 12.3. The third-order valence-electron chi connectivity index (χ3n) is 4.17. The van der Waals surface area contributed by atoms with Gasteiger partial charge in [0.25, 0.3) is 5.91 Å². The van der Waals surface area contributed by atoms with Crippen molar-refractivity contribution in [1.29, 1.82) is 0 Å². The zero-order chi connectivity index (χ0) is 17.5. The summed E-state index contributed by atoms with van der Waals surface area (Å²) < 4.78 is 16.6. The fourth-order valence-corrected chi connectivity index (χ4v) is 2.80. The SMILES string of the molecule is COc1cccc(CNC(=O)c2ccccc2OCC2CCCO2)c1. The van der Waals surface area contributed by atoms with E-state index in [4.69, 9.17) is 14.2 Å². The van der Waals surface area contributed by atoms with E-state index in [9.17, 15) is 4.79 Å². The molecule has 1 atom stereocenters. The number of rotatable bonds is 7. The summed E-state index contributed by atoms with van der Waals surface area (Å²) in [5.41, 5.74) is 1.51. The zero-order valence-electron chi connectivity index (χ0n) is 14.4. The molecule has 0 aromatic heterocycles. The van der Waals surface area contributed by atoms with Crippen LogP contribution in [0.3, 0.4) is 0 Å². The summed E-state index contributed by atoms with van der Waals surface area (Å²) in [5.74, 6) is 1.19. The number of carbonyl (C=O) groups is 1. The molecule has 25 heavy (non-hydrogen) atoms. The topological polar surface area (TPSA) is 56.8 Å². The molecular weight excluding hydrogens is 318 g/mol. The Hall–Kier alpha value is -2.53. The van der Waals surface area contributed by atoms with E-state index in [0.717, 1.165) is 30.8 Å². The van der Waals surface area contributed by atoms with Crippen molar-refractivity contribution < 1.29 is 19.0 Å². The van der Waals surface area contributed by atoms with Crippen LogP contribution in [0, 0.1) is 0 Å². The fourth-order valence-electron chi connectivity index (χ4n) is 2.80. The van der Waals surface area contributed by atoms with Crippen molar-refractivity contribution in [3.05, 3.63) is 59.7 Å². The minimum absolute atomic E-state index is 0.118. The lowest BCUT2D eigenvalue weighted by atomic mass is 10.1. The second-order valence-electron chi connectivity index (χ2n) is 5.98. The lowest BCUT2D eigenvalue weighted by Gasteiger charge is -2.14. The van der Waals surface area contributed by atoms with Gasteiger partial charge >= 0.3 is 0 Å². The lowest BCUT2D eigenvalue weighted by Crippen LogP contribution is -2.24. The van der Waals surface area contributed by atoms with Crippen molar-refractivity contribution in [2.45, 2.75) is 25.5 Å². The highest BCUT2D eigenvalue weighted by molar-refractivity contribution is 5.96. The van der Waals surface area contributed by atoms with E-state index in [-0.39, 0.29) is 12.0 Å². The molecule has 1 unspecified atom stereocenters. The molecule has 0 spiro atoms. The van der Waals surface area contributed by atoms with Gasteiger partial charge in [0.1, 0.15) is 18.1 Å². The number of para-hydroxylation sites is 1. The minimum atomic E-state index is -0.161. The number of benzene rings is 2. The molecule has 5 nitrogen and oxygen atoms in total. The molecule has 1 heterocycles. The predicted molar refractivity (Wildman–Crippen MR) is 95.1 cm³/mol. The Balaban J connectivity index is 1.61. The molecule has 0 bridgehead atoms. The standard InChI is InChI=1S/C20H23NO4/c1-23-16-7-4-6-15(12-16)13-21-20(22)18-9-2-3-10-19(18)25-14-17-8-5-11-24-17/h2-4,6-7,9-10,12,17H,5,8,11,13-14H2,1H3,(H,21,22). The van der Waals surface area contributed by atoms with Gasteiger partial charge in [-0.2, -0.15) is 0 Å². The second kappa shape index (κ2) is 8.53. The Bertz CT molecular complexity index is 710. The first-order valence-electron chi connectivity index (χ1n) is 8.51. The monoisotopic (exact) mass is 341 g/mol. The van der Waals surface area contributed by atoms with Crippen molar-refractivity contribution in [1.82, 2.24) is 5.32 Å². The number of amides is 1. The Morgan fingerprint density at radius 3 is 2.92 bits per heavy atom. The van der Waals surface area contributed by atoms with E-state index < -0.39 is 0 Å². The van der Waals surface area contributed by atoms with Crippen LogP contribution in [0.15, 0.2) is 48.5 Å². The van der Waals surface area contributed by atoms with E-state index in [2.05, 4.69) is 5.32 Å². The van der Waals surface area contributed by atoms with Crippen molar-refractivity contribution in [2.24, 2.45) is 0 Å².